The molecule has 2 heterocycles. The molecule has 0 saturated heterocycles. The van der Waals surface area contributed by atoms with Crippen LogP contribution in [-0.4, -0.2) is 29.8 Å². The number of hydrogen-bond acceptors (Lipinski definition) is 5. The van der Waals surface area contributed by atoms with Crippen molar-refractivity contribution in [3.8, 4) is 5.75 Å². The van der Waals surface area contributed by atoms with E-state index in [1.165, 1.54) is 4.90 Å². The molecule has 0 unspecified atom stereocenters. The second-order valence-electron chi connectivity index (χ2n) is 4.76. The number of carbonyl (C=O) groups is 2. The highest BCUT2D eigenvalue weighted by molar-refractivity contribution is 6.30. The number of hydrogen-bond donors (Lipinski definition) is 1. The first kappa shape index (κ1) is 14.3. The van der Waals surface area contributed by atoms with Gasteiger partial charge in [-0.15, -0.1) is 0 Å². The smallest absolute Gasteiger partial charge is 0.266 e. The molecule has 112 valence electrons. The standard InChI is InChI=1S/C15H12ClN3O3/c16-10-3-1-9(2-4-10)11(20)7-19-14(21)8-22-12-5-6-13(17)18-15(12)19/h1-6H,7-8H2,(H2,17,18). The predicted molar refractivity (Wildman–Crippen MR) is 82.3 cm³/mol. The minimum atomic E-state index is -0.340. The van der Waals surface area contributed by atoms with Crippen LogP contribution in [0.25, 0.3) is 0 Å². The Balaban J connectivity index is 1.88. The van der Waals surface area contributed by atoms with Crippen LogP contribution in [0, 0.1) is 0 Å². The molecule has 22 heavy (non-hydrogen) atoms. The van der Waals surface area contributed by atoms with E-state index in [-0.39, 0.29) is 36.5 Å². The van der Waals surface area contributed by atoms with Crippen LogP contribution in [0.5, 0.6) is 5.75 Å². The van der Waals surface area contributed by atoms with Crippen LogP contribution >= 0.6 is 11.6 Å². The van der Waals surface area contributed by atoms with E-state index < -0.39 is 0 Å². The number of ketones is 1. The van der Waals surface area contributed by atoms with Gasteiger partial charge in [-0.2, -0.15) is 0 Å². The third-order valence-electron chi connectivity index (χ3n) is 3.24. The zero-order chi connectivity index (χ0) is 15.7. The molecule has 0 saturated carbocycles. The SMILES string of the molecule is Nc1ccc2c(n1)N(CC(=O)c1ccc(Cl)cc1)C(=O)CO2. The number of nitrogens with two attached hydrogens (primary N) is 1. The molecule has 7 heteroatoms. The zero-order valence-electron chi connectivity index (χ0n) is 11.5. The van der Waals surface area contributed by atoms with Gasteiger partial charge < -0.3 is 10.5 Å². The Kier molecular flexibility index (Phi) is 3.68. The summed E-state index contributed by atoms with van der Waals surface area (Å²) in [7, 11) is 0. The quantitative estimate of drug-likeness (QED) is 0.874. The molecule has 1 amide bonds. The normalized spacial score (nSPS) is 13.5. The minimum absolute atomic E-state index is 0.132. The first-order chi connectivity index (χ1) is 10.5. The fourth-order valence-electron chi connectivity index (χ4n) is 2.13. The van der Waals surface area contributed by atoms with Gasteiger partial charge in [0, 0.05) is 10.6 Å². The van der Waals surface area contributed by atoms with Gasteiger partial charge in [-0.25, -0.2) is 4.98 Å². The highest BCUT2D eigenvalue weighted by Gasteiger charge is 2.29. The lowest BCUT2D eigenvalue weighted by atomic mass is 10.1. The highest BCUT2D eigenvalue weighted by atomic mass is 35.5. The van der Waals surface area contributed by atoms with Crippen molar-refractivity contribution in [1.82, 2.24) is 4.98 Å². The lowest BCUT2D eigenvalue weighted by Gasteiger charge is -2.27. The molecule has 0 radical (unpaired) electrons. The second kappa shape index (κ2) is 5.65. The third kappa shape index (κ3) is 2.73. The fourth-order valence-corrected chi connectivity index (χ4v) is 2.25. The second-order valence-corrected chi connectivity index (χ2v) is 5.19. The maximum absolute atomic E-state index is 12.3. The molecule has 1 aliphatic rings. The van der Waals surface area contributed by atoms with Crippen LogP contribution in [-0.2, 0) is 4.79 Å². The molecule has 3 rings (SSSR count). The van der Waals surface area contributed by atoms with Gasteiger partial charge in [0.25, 0.3) is 5.91 Å². The first-order valence-electron chi connectivity index (χ1n) is 6.53. The summed E-state index contributed by atoms with van der Waals surface area (Å²) in [5, 5.41) is 0.541. The lowest BCUT2D eigenvalue weighted by molar-refractivity contribution is -0.121. The van der Waals surface area contributed by atoms with Gasteiger partial charge in [-0.1, -0.05) is 11.6 Å². The number of carbonyl (C=O) groups excluding carboxylic acids is 2. The summed E-state index contributed by atoms with van der Waals surface area (Å²) >= 11 is 5.80. The van der Waals surface area contributed by atoms with E-state index in [9.17, 15) is 9.59 Å². The van der Waals surface area contributed by atoms with Gasteiger partial charge in [-0.3, -0.25) is 14.5 Å². The van der Waals surface area contributed by atoms with Crippen molar-refractivity contribution in [2.75, 3.05) is 23.8 Å². The summed E-state index contributed by atoms with van der Waals surface area (Å²) in [6, 6.07) is 9.69. The van der Waals surface area contributed by atoms with Crippen LogP contribution < -0.4 is 15.4 Å². The van der Waals surface area contributed by atoms with Crippen molar-refractivity contribution < 1.29 is 14.3 Å². The number of nitrogen functional groups attached to an aromatic ring is 1. The monoisotopic (exact) mass is 317 g/mol. The minimum Gasteiger partial charge on any atom is -0.480 e. The Morgan fingerprint density at radius 2 is 2.00 bits per heavy atom. The van der Waals surface area contributed by atoms with E-state index in [4.69, 9.17) is 22.1 Å². The molecule has 2 N–H and O–H groups in total. The lowest BCUT2D eigenvalue weighted by Crippen LogP contribution is -2.42. The largest absolute Gasteiger partial charge is 0.480 e. The number of benzene rings is 1. The molecule has 0 bridgehead atoms. The number of pyridine rings is 1. The number of halogens is 1. The van der Waals surface area contributed by atoms with E-state index in [1.807, 2.05) is 0 Å². The number of nitrogens with zero attached hydrogens (tertiary/aromatic N) is 2. The number of amides is 1. The van der Waals surface area contributed by atoms with Gasteiger partial charge >= 0.3 is 0 Å². The average molecular weight is 318 g/mol. The zero-order valence-corrected chi connectivity index (χ0v) is 12.2. The molecule has 0 atom stereocenters. The number of anilines is 2. The number of Topliss-reactive ketones (excluding diaryl/α,β-unsaturated/α-hetero) is 1. The Bertz CT molecular complexity index is 746. The molecule has 1 aliphatic heterocycles. The molecular formula is C15H12ClN3O3. The first-order valence-corrected chi connectivity index (χ1v) is 6.91. The van der Waals surface area contributed by atoms with Crippen molar-refractivity contribution in [3.63, 3.8) is 0 Å². The third-order valence-corrected chi connectivity index (χ3v) is 3.49. The van der Waals surface area contributed by atoms with Crippen LogP contribution in [0.2, 0.25) is 5.02 Å². The summed E-state index contributed by atoms with van der Waals surface area (Å²) in [4.78, 5) is 29.7. The number of aromatic nitrogens is 1. The Hall–Kier alpha value is -2.60. The van der Waals surface area contributed by atoms with Crippen molar-refractivity contribution in [2.45, 2.75) is 0 Å². The highest BCUT2D eigenvalue weighted by Crippen LogP contribution is 2.30. The fraction of sp³-hybridized carbons (Fsp3) is 0.133. The maximum Gasteiger partial charge on any atom is 0.266 e. The summed E-state index contributed by atoms with van der Waals surface area (Å²) < 4.78 is 5.29. The van der Waals surface area contributed by atoms with Crippen molar-refractivity contribution in [3.05, 3.63) is 47.0 Å². The molecule has 1 aromatic carbocycles. The number of fused-ring (bicyclic) bond motifs is 1. The number of ether oxygens (including phenoxy) is 1. The van der Waals surface area contributed by atoms with Crippen LogP contribution in [0.1, 0.15) is 10.4 Å². The molecule has 0 fully saturated rings. The topological polar surface area (TPSA) is 85.5 Å². The molecule has 0 aliphatic carbocycles. The summed E-state index contributed by atoms with van der Waals surface area (Å²) in [6.45, 7) is -0.264. The maximum atomic E-state index is 12.3. The summed E-state index contributed by atoms with van der Waals surface area (Å²) in [5.74, 6) is 0.382. The van der Waals surface area contributed by atoms with E-state index in [0.717, 1.165) is 0 Å². The van der Waals surface area contributed by atoms with E-state index >= 15 is 0 Å². The van der Waals surface area contributed by atoms with Gasteiger partial charge in [0.15, 0.2) is 24.0 Å². The summed E-state index contributed by atoms with van der Waals surface area (Å²) in [6.07, 6.45) is 0. The van der Waals surface area contributed by atoms with Gasteiger partial charge in [0.05, 0.1) is 6.54 Å². The van der Waals surface area contributed by atoms with E-state index in [1.54, 1.807) is 36.4 Å². The van der Waals surface area contributed by atoms with Gasteiger partial charge in [0.1, 0.15) is 5.82 Å². The number of rotatable bonds is 3. The molecule has 1 aromatic heterocycles. The van der Waals surface area contributed by atoms with Crippen molar-refractivity contribution in [1.29, 1.82) is 0 Å². The van der Waals surface area contributed by atoms with Crippen molar-refractivity contribution in [2.24, 2.45) is 0 Å². The van der Waals surface area contributed by atoms with Crippen LogP contribution in [0.3, 0.4) is 0 Å². The Labute approximate surface area is 131 Å². The average Bonchev–Trinajstić information content (AvgIpc) is 2.51. The van der Waals surface area contributed by atoms with Gasteiger partial charge in [-0.05, 0) is 36.4 Å². The van der Waals surface area contributed by atoms with Crippen LogP contribution in [0.4, 0.5) is 11.6 Å². The molecule has 2 aromatic rings. The molecule has 0 spiro atoms. The predicted octanol–water partition coefficient (Wildman–Crippen LogP) is 1.93. The van der Waals surface area contributed by atoms with Crippen LogP contribution in [0.15, 0.2) is 36.4 Å². The Morgan fingerprint density at radius 3 is 2.73 bits per heavy atom. The van der Waals surface area contributed by atoms with E-state index in [0.29, 0.717) is 16.3 Å². The van der Waals surface area contributed by atoms with Crippen molar-refractivity contribution >= 4 is 34.9 Å². The molecule has 6 nitrogen and oxygen atoms in total. The molecular weight excluding hydrogens is 306 g/mol. The van der Waals surface area contributed by atoms with E-state index in [2.05, 4.69) is 4.98 Å². The Morgan fingerprint density at radius 1 is 1.27 bits per heavy atom. The summed E-state index contributed by atoms with van der Waals surface area (Å²) in [5.41, 5.74) is 6.11. The van der Waals surface area contributed by atoms with Gasteiger partial charge in [0.2, 0.25) is 0 Å².